The van der Waals surface area contributed by atoms with E-state index in [0.29, 0.717) is 0 Å². The van der Waals surface area contributed by atoms with E-state index in [2.05, 4.69) is 31.2 Å². The minimum Gasteiger partial charge on any atom is -0.399 e. The first kappa shape index (κ1) is 14.9. The fourth-order valence-corrected chi connectivity index (χ4v) is 4.76. The van der Waals surface area contributed by atoms with Crippen LogP contribution >= 0.6 is 0 Å². The second kappa shape index (κ2) is 6.85. The Morgan fingerprint density at radius 3 is 1.86 bits per heavy atom. The standard InChI is InChI=1S/C20H31N/c1-2-15-3-5-16(6-4-15)17-7-9-18(10-8-17)19-11-13-20(21)14-12-19/h11-18H,2-10,21H2,1H3. The number of benzene rings is 1. The summed E-state index contributed by atoms with van der Waals surface area (Å²) in [6.45, 7) is 2.36. The summed E-state index contributed by atoms with van der Waals surface area (Å²) in [6.07, 6.45) is 13.1. The second-order valence-corrected chi connectivity index (χ2v) is 7.47. The Morgan fingerprint density at radius 2 is 1.33 bits per heavy atom. The zero-order chi connectivity index (χ0) is 14.7. The quantitative estimate of drug-likeness (QED) is 0.702. The Hall–Kier alpha value is -0.980. The summed E-state index contributed by atoms with van der Waals surface area (Å²) in [7, 11) is 0. The normalized spacial score (nSPS) is 33.8. The maximum atomic E-state index is 5.80. The van der Waals surface area contributed by atoms with Crippen LogP contribution in [-0.4, -0.2) is 0 Å². The van der Waals surface area contributed by atoms with Crippen LogP contribution in [0.5, 0.6) is 0 Å². The van der Waals surface area contributed by atoms with Crippen molar-refractivity contribution in [2.75, 3.05) is 5.73 Å². The van der Waals surface area contributed by atoms with Gasteiger partial charge in [-0.2, -0.15) is 0 Å². The highest BCUT2D eigenvalue weighted by atomic mass is 14.5. The molecule has 0 aliphatic heterocycles. The molecule has 0 saturated heterocycles. The molecular weight excluding hydrogens is 254 g/mol. The van der Waals surface area contributed by atoms with Crippen LogP contribution in [0.15, 0.2) is 24.3 Å². The summed E-state index contributed by atoms with van der Waals surface area (Å²) in [4.78, 5) is 0. The molecule has 0 atom stereocenters. The van der Waals surface area contributed by atoms with Crippen LogP contribution in [0.25, 0.3) is 0 Å². The average Bonchev–Trinajstić information content (AvgIpc) is 2.56. The molecule has 0 amide bonds. The predicted molar refractivity (Wildman–Crippen MR) is 91.3 cm³/mol. The summed E-state index contributed by atoms with van der Waals surface area (Å²) >= 11 is 0. The third kappa shape index (κ3) is 3.62. The van der Waals surface area contributed by atoms with Gasteiger partial charge in [-0.3, -0.25) is 0 Å². The van der Waals surface area contributed by atoms with Gasteiger partial charge in [0.1, 0.15) is 0 Å². The molecule has 0 aromatic heterocycles. The van der Waals surface area contributed by atoms with E-state index in [1.165, 1.54) is 63.4 Å². The molecule has 2 aliphatic carbocycles. The van der Waals surface area contributed by atoms with Crippen LogP contribution < -0.4 is 5.73 Å². The third-order valence-electron chi connectivity index (χ3n) is 6.32. The summed E-state index contributed by atoms with van der Waals surface area (Å²) in [5.41, 5.74) is 8.20. The Morgan fingerprint density at radius 1 is 0.810 bits per heavy atom. The Bertz CT molecular complexity index is 420. The fourth-order valence-electron chi connectivity index (χ4n) is 4.76. The van der Waals surface area contributed by atoms with Gasteiger partial charge in [0.2, 0.25) is 0 Å². The molecule has 2 fully saturated rings. The molecule has 0 bridgehead atoms. The molecular formula is C20H31N. The average molecular weight is 285 g/mol. The van der Waals surface area contributed by atoms with Crippen molar-refractivity contribution in [3.63, 3.8) is 0 Å². The topological polar surface area (TPSA) is 26.0 Å². The predicted octanol–water partition coefficient (Wildman–Crippen LogP) is 5.76. The van der Waals surface area contributed by atoms with Crippen molar-refractivity contribution in [3.8, 4) is 0 Å². The van der Waals surface area contributed by atoms with Crippen LogP contribution in [0.4, 0.5) is 5.69 Å². The molecule has 0 radical (unpaired) electrons. The number of hydrogen-bond donors (Lipinski definition) is 1. The molecule has 0 unspecified atom stereocenters. The number of hydrogen-bond acceptors (Lipinski definition) is 1. The number of rotatable bonds is 3. The van der Waals surface area contributed by atoms with E-state index in [1.54, 1.807) is 0 Å². The van der Waals surface area contributed by atoms with Gasteiger partial charge in [0.15, 0.2) is 0 Å². The van der Waals surface area contributed by atoms with E-state index >= 15 is 0 Å². The van der Waals surface area contributed by atoms with E-state index in [9.17, 15) is 0 Å². The van der Waals surface area contributed by atoms with Crippen molar-refractivity contribution in [1.82, 2.24) is 0 Å². The first-order valence-electron chi connectivity index (χ1n) is 9.11. The molecule has 1 aromatic rings. The van der Waals surface area contributed by atoms with Crippen molar-refractivity contribution in [2.24, 2.45) is 17.8 Å². The van der Waals surface area contributed by atoms with Crippen molar-refractivity contribution >= 4 is 5.69 Å². The first-order chi connectivity index (χ1) is 10.3. The summed E-state index contributed by atoms with van der Waals surface area (Å²) in [5.74, 6) is 3.88. The Kier molecular flexibility index (Phi) is 4.87. The lowest BCUT2D eigenvalue weighted by Crippen LogP contribution is -2.25. The molecule has 1 heteroatoms. The maximum Gasteiger partial charge on any atom is 0.0314 e. The van der Waals surface area contributed by atoms with E-state index in [-0.39, 0.29) is 0 Å². The highest BCUT2D eigenvalue weighted by molar-refractivity contribution is 5.40. The third-order valence-corrected chi connectivity index (χ3v) is 6.32. The highest BCUT2D eigenvalue weighted by Crippen LogP contribution is 2.44. The van der Waals surface area contributed by atoms with Gasteiger partial charge < -0.3 is 5.73 Å². The lowest BCUT2D eigenvalue weighted by atomic mass is 9.68. The van der Waals surface area contributed by atoms with Gasteiger partial charge in [-0.25, -0.2) is 0 Å². The van der Waals surface area contributed by atoms with Gasteiger partial charge in [-0.1, -0.05) is 38.3 Å². The largest absolute Gasteiger partial charge is 0.399 e. The molecule has 21 heavy (non-hydrogen) atoms. The van der Waals surface area contributed by atoms with Gasteiger partial charge in [0.25, 0.3) is 0 Å². The van der Waals surface area contributed by atoms with Gasteiger partial charge in [-0.05, 0) is 79.9 Å². The van der Waals surface area contributed by atoms with Gasteiger partial charge in [-0.15, -0.1) is 0 Å². The number of nitrogen functional groups attached to an aromatic ring is 1. The van der Waals surface area contributed by atoms with Crippen molar-refractivity contribution in [1.29, 1.82) is 0 Å². The Balaban J connectivity index is 1.50. The minimum atomic E-state index is 0.786. The molecule has 1 aromatic carbocycles. The smallest absolute Gasteiger partial charge is 0.0314 e. The highest BCUT2D eigenvalue weighted by Gasteiger charge is 2.30. The summed E-state index contributed by atoms with van der Waals surface area (Å²) in [5, 5.41) is 0. The minimum absolute atomic E-state index is 0.786. The summed E-state index contributed by atoms with van der Waals surface area (Å²) in [6, 6.07) is 8.61. The molecule has 2 N–H and O–H groups in total. The number of anilines is 1. The van der Waals surface area contributed by atoms with Crippen LogP contribution in [0, 0.1) is 17.8 Å². The van der Waals surface area contributed by atoms with Crippen molar-refractivity contribution < 1.29 is 0 Å². The summed E-state index contributed by atoms with van der Waals surface area (Å²) < 4.78 is 0. The first-order valence-corrected chi connectivity index (χ1v) is 9.11. The van der Waals surface area contributed by atoms with Crippen LogP contribution in [0.3, 0.4) is 0 Å². The molecule has 2 saturated carbocycles. The SMILES string of the molecule is CCC1CCC(C2CCC(c3ccc(N)cc3)CC2)CC1. The Labute approximate surface area is 130 Å². The zero-order valence-corrected chi connectivity index (χ0v) is 13.6. The molecule has 1 nitrogen and oxygen atoms in total. The van der Waals surface area contributed by atoms with E-state index in [0.717, 1.165) is 29.4 Å². The van der Waals surface area contributed by atoms with Crippen molar-refractivity contribution in [2.45, 2.75) is 70.6 Å². The monoisotopic (exact) mass is 285 g/mol. The van der Waals surface area contributed by atoms with Gasteiger partial charge in [0.05, 0.1) is 0 Å². The maximum absolute atomic E-state index is 5.80. The molecule has 0 spiro atoms. The molecule has 116 valence electrons. The molecule has 2 aliphatic rings. The van der Waals surface area contributed by atoms with E-state index in [1.807, 2.05) is 0 Å². The van der Waals surface area contributed by atoms with Crippen LogP contribution in [0.1, 0.15) is 76.2 Å². The van der Waals surface area contributed by atoms with Crippen LogP contribution in [0.2, 0.25) is 0 Å². The van der Waals surface area contributed by atoms with E-state index in [4.69, 9.17) is 5.73 Å². The number of nitrogens with two attached hydrogens (primary N) is 1. The molecule has 3 rings (SSSR count). The lowest BCUT2D eigenvalue weighted by Gasteiger charge is -2.38. The van der Waals surface area contributed by atoms with Gasteiger partial charge in [0, 0.05) is 5.69 Å². The van der Waals surface area contributed by atoms with E-state index < -0.39 is 0 Å². The second-order valence-electron chi connectivity index (χ2n) is 7.47. The van der Waals surface area contributed by atoms with Crippen molar-refractivity contribution in [3.05, 3.63) is 29.8 Å². The fraction of sp³-hybridized carbons (Fsp3) is 0.700. The lowest BCUT2D eigenvalue weighted by molar-refractivity contribution is 0.158. The van der Waals surface area contributed by atoms with Crippen LogP contribution in [-0.2, 0) is 0 Å². The zero-order valence-electron chi connectivity index (χ0n) is 13.6. The molecule has 0 heterocycles. The van der Waals surface area contributed by atoms with Gasteiger partial charge >= 0.3 is 0 Å².